The first kappa shape index (κ1) is 20.2. The Bertz CT molecular complexity index is 938. The van der Waals surface area contributed by atoms with E-state index in [2.05, 4.69) is 68.3 Å². The van der Waals surface area contributed by atoms with Crippen LogP contribution < -0.4 is 4.90 Å². The van der Waals surface area contributed by atoms with Gasteiger partial charge in [0.2, 0.25) is 5.95 Å². The van der Waals surface area contributed by atoms with E-state index in [-0.39, 0.29) is 6.10 Å². The molecule has 0 atom stereocenters. The highest BCUT2D eigenvalue weighted by Gasteiger charge is 2.24. The van der Waals surface area contributed by atoms with Crippen molar-refractivity contribution in [1.82, 2.24) is 14.9 Å². The van der Waals surface area contributed by atoms with Crippen LogP contribution in [0.5, 0.6) is 0 Å². The van der Waals surface area contributed by atoms with Gasteiger partial charge in [0.1, 0.15) is 6.10 Å². The SMILES string of the molecule is c1cnc(N2CCN(CCCOC3c4ccccc4CCc4ccccc43)CC2)nc1. The van der Waals surface area contributed by atoms with Gasteiger partial charge in [0, 0.05) is 51.7 Å². The third-order valence-corrected chi connectivity index (χ3v) is 6.45. The molecule has 1 aromatic heterocycles. The largest absolute Gasteiger partial charge is 0.369 e. The molecule has 0 radical (unpaired) electrons. The second kappa shape index (κ2) is 9.58. The summed E-state index contributed by atoms with van der Waals surface area (Å²) in [5.41, 5.74) is 5.51. The summed E-state index contributed by atoms with van der Waals surface area (Å²) in [5.74, 6) is 0.844. The summed E-state index contributed by atoms with van der Waals surface area (Å²) in [5, 5.41) is 0. The first-order chi connectivity index (χ1) is 15.4. The molecule has 160 valence electrons. The van der Waals surface area contributed by atoms with Crippen LogP contribution in [-0.2, 0) is 17.6 Å². The van der Waals surface area contributed by atoms with Crippen molar-refractivity contribution in [2.75, 3.05) is 44.2 Å². The average Bonchev–Trinajstić information content (AvgIpc) is 3.00. The van der Waals surface area contributed by atoms with Crippen molar-refractivity contribution in [1.29, 1.82) is 0 Å². The summed E-state index contributed by atoms with van der Waals surface area (Å²) in [6, 6.07) is 19.4. The smallest absolute Gasteiger partial charge is 0.225 e. The molecular formula is C26H30N4O. The zero-order valence-electron chi connectivity index (χ0n) is 18.0. The maximum absolute atomic E-state index is 6.54. The van der Waals surface area contributed by atoms with E-state index in [1.165, 1.54) is 22.3 Å². The lowest BCUT2D eigenvalue weighted by atomic mass is 9.97. The highest BCUT2D eigenvalue weighted by Crippen LogP contribution is 2.35. The summed E-state index contributed by atoms with van der Waals surface area (Å²) in [7, 11) is 0. The lowest BCUT2D eigenvalue weighted by Crippen LogP contribution is -2.47. The third kappa shape index (κ3) is 4.63. The molecule has 1 saturated heterocycles. The summed E-state index contributed by atoms with van der Waals surface area (Å²) in [4.78, 5) is 13.5. The molecule has 5 rings (SSSR count). The van der Waals surface area contributed by atoms with E-state index in [0.29, 0.717) is 0 Å². The average molecular weight is 415 g/mol. The van der Waals surface area contributed by atoms with E-state index >= 15 is 0 Å². The van der Waals surface area contributed by atoms with Crippen molar-refractivity contribution in [3.63, 3.8) is 0 Å². The standard InChI is InChI=1S/C26H30N4O/c1-3-9-23-21(7-1)11-12-22-8-2-4-10-24(22)25(23)31-20-6-15-29-16-18-30(19-17-29)26-27-13-5-14-28-26/h1-5,7-10,13-14,25H,6,11-12,15-20H2. The van der Waals surface area contributed by atoms with Crippen molar-refractivity contribution in [3.05, 3.63) is 89.2 Å². The van der Waals surface area contributed by atoms with E-state index in [1.54, 1.807) is 0 Å². The zero-order chi connectivity index (χ0) is 20.9. The molecule has 1 fully saturated rings. The van der Waals surface area contributed by atoms with Crippen molar-refractivity contribution in [2.24, 2.45) is 0 Å². The van der Waals surface area contributed by atoms with Crippen LogP contribution in [0.1, 0.15) is 34.8 Å². The normalized spacial score (nSPS) is 17.1. The van der Waals surface area contributed by atoms with Crippen LogP contribution in [-0.4, -0.2) is 54.2 Å². The van der Waals surface area contributed by atoms with Gasteiger partial charge < -0.3 is 9.64 Å². The molecule has 1 aliphatic heterocycles. The number of rotatable bonds is 6. The number of nitrogens with zero attached hydrogens (tertiary/aromatic N) is 4. The Labute approximate surface area is 184 Å². The van der Waals surface area contributed by atoms with Gasteiger partial charge >= 0.3 is 0 Å². The van der Waals surface area contributed by atoms with Gasteiger partial charge in [0.25, 0.3) is 0 Å². The van der Waals surface area contributed by atoms with Crippen molar-refractivity contribution >= 4 is 5.95 Å². The van der Waals surface area contributed by atoms with Crippen molar-refractivity contribution in [2.45, 2.75) is 25.4 Å². The highest BCUT2D eigenvalue weighted by atomic mass is 16.5. The van der Waals surface area contributed by atoms with Crippen LogP contribution in [0.15, 0.2) is 67.0 Å². The van der Waals surface area contributed by atoms with Crippen LogP contribution in [0.3, 0.4) is 0 Å². The Balaban J connectivity index is 1.16. The molecule has 1 aliphatic carbocycles. The van der Waals surface area contributed by atoms with Crippen molar-refractivity contribution in [3.8, 4) is 0 Å². The molecule has 0 amide bonds. The summed E-state index contributed by atoms with van der Waals surface area (Å²) in [6.45, 7) is 5.90. The fourth-order valence-electron chi connectivity index (χ4n) is 4.77. The minimum absolute atomic E-state index is 0.0435. The van der Waals surface area contributed by atoms with Gasteiger partial charge in [-0.25, -0.2) is 9.97 Å². The molecule has 0 N–H and O–H groups in total. The minimum atomic E-state index is 0.0435. The van der Waals surface area contributed by atoms with Gasteiger partial charge in [0.05, 0.1) is 0 Å². The zero-order valence-corrected chi connectivity index (χ0v) is 18.0. The second-order valence-corrected chi connectivity index (χ2v) is 8.38. The number of anilines is 1. The van der Waals surface area contributed by atoms with E-state index in [9.17, 15) is 0 Å². The molecule has 5 heteroatoms. The Morgan fingerprint density at radius 2 is 1.39 bits per heavy atom. The number of hydrogen-bond acceptors (Lipinski definition) is 5. The first-order valence-corrected chi connectivity index (χ1v) is 11.4. The lowest BCUT2D eigenvalue weighted by molar-refractivity contribution is 0.0707. The Morgan fingerprint density at radius 1 is 0.774 bits per heavy atom. The van der Waals surface area contributed by atoms with Gasteiger partial charge in [-0.2, -0.15) is 0 Å². The third-order valence-electron chi connectivity index (χ3n) is 6.45. The van der Waals surface area contributed by atoms with E-state index < -0.39 is 0 Å². The predicted octanol–water partition coefficient (Wildman–Crippen LogP) is 3.89. The predicted molar refractivity (Wildman–Crippen MR) is 123 cm³/mol. The van der Waals surface area contributed by atoms with Crippen LogP contribution in [0, 0.1) is 0 Å². The van der Waals surface area contributed by atoms with Gasteiger partial charge in [-0.3, -0.25) is 4.90 Å². The molecule has 0 bridgehead atoms. The number of aromatic nitrogens is 2. The quantitative estimate of drug-likeness (QED) is 0.573. The van der Waals surface area contributed by atoms with E-state index in [4.69, 9.17) is 4.74 Å². The number of piperazine rings is 1. The molecule has 3 aromatic rings. The fraction of sp³-hybridized carbons (Fsp3) is 0.385. The Hall–Kier alpha value is -2.76. The van der Waals surface area contributed by atoms with E-state index in [1.807, 2.05) is 18.5 Å². The Morgan fingerprint density at radius 3 is 2.03 bits per heavy atom. The van der Waals surface area contributed by atoms with Gasteiger partial charge in [-0.15, -0.1) is 0 Å². The number of benzene rings is 2. The molecule has 0 saturated carbocycles. The second-order valence-electron chi connectivity index (χ2n) is 8.38. The fourth-order valence-corrected chi connectivity index (χ4v) is 4.77. The van der Waals surface area contributed by atoms with Crippen LogP contribution in [0.2, 0.25) is 0 Å². The summed E-state index contributed by atoms with van der Waals surface area (Å²) < 4.78 is 6.54. The van der Waals surface area contributed by atoms with Gasteiger partial charge in [-0.1, -0.05) is 48.5 Å². The topological polar surface area (TPSA) is 41.5 Å². The molecule has 31 heavy (non-hydrogen) atoms. The molecule has 2 heterocycles. The van der Waals surface area contributed by atoms with Crippen LogP contribution in [0.25, 0.3) is 0 Å². The van der Waals surface area contributed by atoms with Gasteiger partial charge in [-0.05, 0) is 47.6 Å². The minimum Gasteiger partial charge on any atom is -0.369 e. The van der Waals surface area contributed by atoms with Crippen LogP contribution in [0.4, 0.5) is 5.95 Å². The number of fused-ring (bicyclic) bond motifs is 2. The highest BCUT2D eigenvalue weighted by molar-refractivity contribution is 5.43. The van der Waals surface area contributed by atoms with Gasteiger partial charge in [0.15, 0.2) is 0 Å². The molecule has 2 aliphatic rings. The molecular weight excluding hydrogens is 384 g/mol. The Kier molecular flexibility index (Phi) is 6.23. The number of aryl methyl sites for hydroxylation is 2. The molecule has 2 aromatic carbocycles. The number of ether oxygens (including phenoxy) is 1. The molecule has 5 nitrogen and oxygen atoms in total. The van der Waals surface area contributed by atoms with Crippen molar-refractivity contribution < 1.29 is 4.74 Å². The monoisotopic (exact) mass is 414 g/mol. The summed E-state index contributed by atoms with van der Waals surface area (Å²) >= 11 is 0. The lowest BCUT2D eigenvalue weighted by Gasteiger charge is -2.34. The maximum atomic E-state index is 6.54. The number of hydrogen-bond donors (Lipinski definition) is 0. The van der Waals surface area contributed by atoms with E-state index in [0.717, 1.165) is 64.5 Å². The first-order valence-electron chi connectivity index (χ1n) is 11.4. The molecule has 0 spiro atoms. The van der Waals surface area contributed by atoms with Crippen LogP contribution >= 0.6 is 0 Å². The molecule has 0 unspecified atom stereocenters. The maximum Gasteiger partial charge on any atom is 0.225 e. The summed E-state index contributed by atoms with van der Waals surface area (Å²) in [6.07, 6.45) is 6.89.